The Kier molecular flexibility index (Phi) is 6.71. The fourth-order valence-corrected chi connectivity index (χ4v) is 5.91. The number of benzene rings is 2. The summed E-state index contributed by atoms with van der Waals surface area (Å²) < 4.78 is 38.2. The van der Waals surface area contributed by atoms with Gasteiger partial charge in [-0.3, -0.25) is 0 Å². The van der Waals surface area contributed by atoms with Gasteiger partial charge in [-0.15, -0.1) is 11.8 Å². The summed E-state index contributed by atoms with van der Waals surface area (Å²) >= 11 is 7.76. The van der Waals surface area contributed by atoms with Crippen LogP contribution in [0.5, 0.6) is 0 Å². The van der Waals surface area contributed by atoms with E-state index in [-0.39, 0.29) is 5.41 Å². The fourth-order valence-electron chi connectivity index (χ4n) is 4.76. The molecule has 1 heterocycles. The number of hydrogen-bond donors (Lipinski definition) is 0. The first-order valence-corrected chi connectivity index (χ1v) is 12.0. The number of rotatable bonds is 6. The summed E-state index contributed by atoms with van der Waals surface area (Å²) in [6.07, 6.45) is 1.86. The summed E-state index contributed by atoms with van der Waals surface area (Å²) in [6, 6.07) is 13.9. The van der Waals surface area contributed by atoms with Gasteiger partial charge in [-0.2, -0.15) is 13.2 Å². The van der Waals surface area contributed by atoms with E-state index in [0.29, 0.717) is 5.92 Å². The molecule has 2 fully saturated rings. The van der Waals surface area contributed by atoms with Crippen molar-refractivity contribution in [3.8, 4) is 0 Å². The molecule has 4 rings (SSSR count). The Hall–Kier alpha value is -1.17. The summed E-state index contributed by atoms with van der Waals surface area (Å²) in [5.74, 6) is 1.53. The number of alkyl halides is 3. The second-order valence-electron chi connectivity index (χ2n) is 8.72. The Morgan fingerprint density at radius 3 is 2.30 bits per heavy atom. The molecule has 0 radical (unpaired) electrons. The third-order valence-electron chi connectivity index (χ3n) is 6.56. The third-order valence-corrected chi connectivity index (χ3v) is 8.06. The van der Waals surface area contributed by atoms with Crippen molar-refractivity contribution >= 4 is 23.4 Å². The summed E-state index contributed by atoms with van der Waals surface area (Å²) in [4.78, 5) is 3.52. The van der Waals surface area contributed by atoms with Crippen molar-refractivity contribution in [1.29, 1.82) is 0 Å². The van der Waals surface area contributed by atoms with Gasteiger partial charge < -0.3 is 4.90 Å². The van der Waals surface area contributed by atoms with Crippen molar-refractivity contribution in [2.45, 2.75) is 48.6 Å². The lowest BCUT2D eigenvalue weighted by atomic mass is 9.64. The lowest BCUT2D eigenvalue weighted by Gasteiger charge is -2.47. The molecule has 2 aliphatic rings. The van der Waals surface area contributed by atoms with Crippen LogP contribution < -0.4 is 0 Å². The summed E-state index contributed by atoms with van der Waals surface area (Å²) in [5, 5.41) is 0.784. The molecule has 1 unspecified atom stereocenters. The molecular weight excluding hydrogens is 427 g/mol. The molecule has 1 atom stereocenters. The largest absolute Gasteiger partial charge is 0.416 e. The van der Waals surface area contributed by atoms with Crippen LogP contribution in [-0.2, 0) is 11.6 Å². The molecule has 1 saturated carbocycles. The zero-order chi connectivity index (χ0) is 21.2. The van der Waals surface area contributed by atoms with Crippen molar-refractivity contribution in [3.63, 3.8) is 0 Å². The van der Waals surface area contributed by atoms with Gasteiger partial charge in [0.05, 0.1) is 5.56 Å². The fraction of sp³-hybridized carbons (Fsp3) is 0.500. The van der Waals surface area contributed by atoms with E-state index in [4.69, 9.17) is 11.6 Å². The molecule has 0 bridgehead atoms. The van der Waals surface area contributed by atoms with Crippen LogP contribution in [0.2, 0.25) is 5.02 Å². The molecule has 0 spiro atoms. The lowest BCUT2D eigenvalue weighted by molar-refractivity contribution is -0.137. The number of hydrogen-bond acceptors (Lipinski definition) is 2. The lowest BCUT2D eigenvalue weighted by Crippen LogP contribution is -2.49. The second kappa shape index (κ2) is 9.13. The first-order chi connectivity index (χ1) is 14.3. The molecule has 2 aromatic rings. The molecule has 1 saturated heterocycles. The summed E-state index contributed by atoms with van der Waals surface area (Å²) in [7, 11) is 0. The molecular formula is C24H27ClF3NS. The Morgan fingerprint density at radius 2 is 1.70 bits per heavy atom. The van der Waals surface area contributed by atoms with Gasteiger partial charge in [0, 0.05) is 34.2 Å². The second-order valence-corrected chi connectivity index (χ2v) is 10.2. The van der Waals surface area contributed by atoms with E-state index in [1.165, 1.54) is 49.8 Å². The first kappa shape index (κ1) is 22.0. The van der Waals surface area contributed by atoms with Crippen LogP contribution in [0.25, 0.3) is 0 Å². The minimum absolute atomic E-state index is 0.257. The SMILES string of the molecule is FC(F)(F)c1ccc(SCC2CCCN(CC3(c4ccc(Cl)cc4)CCC3)C2)cc1. The van der Waals surface area contributed by atoms with Crippen LogP contribution in [-0.4, -0.2) is 30.3 Å². The molecule has 1 aliphatic carbocycles. The van der Waals surface area contributed by atoms with Crippen molar-refractivity contribution in [2.24, 2.45) is 5.92 Å². The molecule has 0 amide bonds. The van der Waals surface area contributed by atoms with Crippen molar-refractivity contribution in [3.05, 3.63) is 64.7 Å². The predicted octanol–water partition coefficient (Wildman–Crippen LogP) is 7.28. The average Bonchev–Trinajstić information content (AvgIpc) is 2.70. The van der Waals surface area contributed by atoms with Gasteiger partial charge >= 0.3 is 6.18 Å². The molecule has 0 N–H and O–H groups in total. The number of thioether (sulfide) groups is 1. The van der Waals surface area contributed by atoms with Crippen LogP contribution in [0.1, 0.15) is 43.2 Å². The minimum atomic E-state index is -4.27. The maximum Gasteiger partial charge on any atom is 0.416 e. The van der Waals surface area contributed by atoms with Gasteiger partial charge in [-0.1, -0.05) is 30.2 Å². The van der Waals surface area contributed by atoms with E-state index in [2.05, 4.69) is 17.0 Å². The number of likely N-dealkylation sites (tertiary alicyclic amines) is 1. The minimum Gasteiger partial charge on any atom is -0.302 e. The van der Waals surface area contributed by atoms with Crippen LogP contribution in [0.15, 0.2) is 53.4 Å². The van der Waals surface area contributed by atoms with Gasteiger partial charge in [-0.25, -0.2) is 0 Å². The molecule has 6 heteroatoms. The summed E-state index contributed by atoms with van der Waals surface area (Å²) in [5.41, 5.74) is 1.08. The Morgan fingerprint density at radius 1 is 1.00 bits per heavy atom. The van der Waals surface area contributed by atoms with Gasteiger partial charge in [0.2, 0.25) is 0 Å². The maximum absolute atomic E-state index is 12.7. The van der Waals surface area contributed by atoms with Crippen LogP contribution in [0, 0.1) is 5.92 Å². The van der Waals surface area contributed by atoms with Gasteiger partial charge in [0.25, 0.3) is 0 Å². The van der Waals surface area contributed by atoms with E-state index in [1.54, 1.807) is 23.9 Å². The quantitative estimate of drug-likeness (QED) is 0.422. The van der Waals surface area contributed by atoms with Gasteiger partial charge in [0.15, 0.2) is 0 Å². The zero-order valence-electron chi connectivity index (χ0n) is 16.9. The smallest absolute Gasteiger partial charge is 0.302 e. The highest BCUT2D eigenvalue weighted by molar-refractivity contribution is 7.99. The number of piperidine rings is 1. The molecule has 162 valence electrons. The van der Waals surface area contributed by atoms with Gasteiger partial charge in [-0.05, 0) is 80.1 Å². The highest BCUT2D eigenvalue weighted by Crippen LogP contribution is 2.45. The molecule has 1 nitrogen and oxygen atoms in total. The van der Waals surface area contributed by atoms with Crippen molar-refractivity contribution in [2.75, 3.05) is 25.4 Å². The normalized spacial score (nSPS) is 21.9. The van der Waals surface area contributed by atoms with Crippen molar-refractivity contribution < 1.29 is 13.2 Å². The number of nitrogens with zero attached hydrogens (tertiary/aromatic N) is 1. The standard InChI is InChI=1S/C24H27ClF3NS/c25-21-8-4-19(5-9-21)23(12-2-13-23)17-29-14-1-3-18(15-29)16-30-22-10-6-20(7-11-22)24(26,27)28/h4-11,18H,1-3,12-17H2. The third kappa shape index (κ3) is 5.17. The number of halogens is 4. The summed E-state index contributed by atoms with van der Waals surface area (Å²) in [6.45, 7) is 3.30. The van der Waals surface area contributed by atoms with E-state index in [0.717, 1.165) is 35.3 Å². The van der Waals surface area contributed by atoms with Crippen LogP contribution >= 0.6 is 23.4 Å². The predicted molar refractivity (Wildman–Crippen MR) is 118 cm³/mol. The Bertz CT molecular complexity index is 831. The average molecular weight is 454 g/mol. The topological polar surface area (TPSA) is 3.24 Å². The van der Waals surface area contributed by atoms with E-state index >= 15 is 0 Å². The van der Waals surface area contributed by atoms with Gasteiger partial charge in [0.1, 0.15) is 0 Å². The van der Waals surface area contributed by atoms with Crippen molar-refractivity contribution in [1.82, 2.24) is 4.90 Å². The maximum atomic E-state index is 12.7. The molecule has 2 aromatic carbocycles. The highest BCUT2D eigenvalue weighted by atomic mass is 35.5. The van der Waals surface area contributed by atoms with E-state index in [9.17, 15) is 13.2 Å². The first-order valence-electron chi connectivity index (χ1n) is 10.6. The van der Waals surface area contributed by atoms with E-state index in [1.807, 2.05) is 12.1 Å². The molecule has 30 heavy (non-hydrogen) atoms. The zero-order valence-corrected chi connectivity index (χ0v) is 18.5. The molecule has 0 aromatic heterocycles. The highest BCUT2D eigenvalue weighted by Gasteiger charge is 2.40. The van der Waals surface area contributed by atoms with Crippen LogP contribution in [0.4, 0.5) is 13.2 Å². The monoisotopic (exact) mass is 453 g/mol. The molecule has 1 aliphatic heterocycles. The Balaban J connectivity index is 1.32. The van der Waals surface area contributed by atoms with Crippen LogP contribution in [0.3, 0.4) is 0 Å². The Labute approximate surface area is 186 Å². The van der Waals surface area contributed by atoms with E-state index < -0.39 is 11.7 Å².